The van der Waals surface area contributed by atoms with Gasteiger partial charge in [0.2, 0.25) is 0 Å². The molecule has 0 bridgehead atoms. The van der Waals surface area contributed by atoms with Crippen LogP contribution in [0.5, 0.6) is 0 Å². The minimum Gasteiger partial charge on any atom is -0.449 e. The van der Waals surface area contributed by atoms with Gasteiger partial charge in [-0.05, 0) is 80.8 Å². The standard InChI is InChI=1S/C27H30F4N2O3/c1-17(27(29,30)31)18-2-4-19(5-3-18)24(34)33(22-10-11-22)23-12-14-26(15-13-23,16-36-25(32)35)20-6-8-21(28)9-7-20/h2-9,17,22-23H,10-16H2,1H3,(H2,32,35). The summed E-state index contributed by atoms with van der Waals surface area (Å²) in [5.74, 6) is -2.15. The number of hydrogen-bond donors (Lipinski definition) is 1. The monoisotopic (exact) mass is 506 g/mol. The molecule has 2 fully saturated rings. The predicted molar refractivity (Wildman–Crippen MR) is 126 cm³/mol. The van der Waals surface area contributed by atoms with Crippen LogP contribution in [0.15, 0.2) is 48.5 Å². The number of ether oxygens (including phenoxy) is 1. The highest BCUT2D eigenvalue weighted by Crippen LogP contribution is 2.44. The molecule has 0 aliphatic heterocycles. The molecule has 0 radical (unpaired) electrons. The third-order valence-corrected chi connectivity index (χ3v) is 7.58. The highest BCUT2D eigenvalue weighted by molar-refractivity contribution is 5.95. The van der Waals surface area contributed by atoms with Crippen LogP contribution < -0.4 is 5.73 Å². The van der Waals surface area contributed by atoms with Crippen molar-refractivity contribution in [2.75, 3.05) is 6.61 Å². The first-order chi connectivity index (χ1) is 17.0. The Morgan fingerprint density at radius 1 is 1.00 bits per heavy atom. The fourth-order valence-corrected chi connectivity index (χ4v) is 5.20. The summed E-state index contributed by atoms with van der Waals surface area (Å²) in [6.07, 6.45) is -0.946. The molecule has 2 amide bonds. The summed E-state index contributed by atoms with van der Waals surface area (Å²) in [5, 5.41) is 0. The molecule has 0 spiro atoms. The first-order valence-electron chi connectivity index (χ1n) is 12.2. The Morgan fingerprint density at radius 3 is 2.06 bits per heavy atom. The van der Waals surface area contributed by atoms with E-state index in [9.17, 15) is 27.2 Å². The fraction of sp³-hybridized carbons (Fsp3) is 0.481. The van der Waals surface area contributed by atoms with Crippen molar-refractivity contribution in [1.82, 2.24) is 4.90 Å². The summed E-state index contributed by atoms with van der Waals surface area (Å²) in [7, 11) is 0. The van der Waals surface area contributed by atoms with Gasteiger partial charge in [0.05, 0.1) is 5.92 Å². The molecule has 5 nitrogen and oxygen atoms in total. The zero-order valence-corrected chi connectivity index (χ0v) is 20.1. The van der Waals surface area contributed by atoms with E-state index >= 15 is 0 Å². The summed E-state index contributed by atoms with van der Waals surface area (Å²) in [6, 6.07) is 11.9. The van der Waals surface area contributed by atoms with E-state index in [1.165, 1.54) is 36.4 Å². The molecule has 1 unspecified atom stereocenters. The largest absolute Gasteiger partial charge is 0.449 e. The molecule has 2 aliphatic rings. The maximum atomic E-state index is 13.5. The smallest absolute Gasteiger partial charge is 0.404 e. The number of alkyl halides is 3. The summed E-state index contributed by atoms with van der Waals surface area (Å²) in [6.45, 7) is 1.17. The van der Waals surface area contributed by atoms with Crippen LogP contribution in [0.1, 0.15) is 72.9 Å². The number of halogens is 4. The number of nitrogens with two attached hydrogens (primary N) is 1. The molecule has 194 valence electrons. The van der Waals surface area contributed by atoms with Crippen molar-refractivity contribution in [3.8, 4) is 0 Å². The Labute approximate surface area is 207 Å². The van der Waals surface area contributed by atoms with Crippen molar-refractivity contribution in [1.29, 1.82) is 0 Å². The SMILES string of the molecule is CC(c1ccc(C(=O)N(C2CC2)C2CCC(COC(N)=O)(c3ccc(F)cc3)CC2)cc1)C(F)(F)F. The van der Waals surface area contributed by atoms with Gasteiger partial charge in [-0.1, -0.05) is 24.3 Å². The molecule has 0 saturated heterocycles. The van der Waals surface area contributed by atoms with Crippen molar-refractivity contribution in [3.05, 3.63) is 71.0 Å². The molecule has 1 atom stereocenters. The van der Waals surface area contributed by atoms with Gasteiger partial charge in [0.25, 0.3) is 5.91 Å². The number of amides is 2. The van der Waals surface area contributed by atoms with E-state index < -0.39 is 23.6 Å². The lowest BCUT2D eigenvalue weighted by Crippen LogP contribution is -2.48. The molecule has 2 saturated carbocycles. The Bertz CT molecular complexity index is 1070. The van der Waals surface area contributed by atoms with Crippen molar-refractivity contribution in [2.24, 2.45) is 5.73 Å². The molecular weight excluding hydrogens is 476 g/mol. The zero-order chi connectivity index (χ0) is 26.1. The van der Waals surface area contributed by atoms with Crippen molar-refractivity contribution < 1.29 is 31.9 Å². The molecule has 2 aromatic carbocycles. The number of hydrogen-bond acceptors (Lipinski definition) is 3. The Balaban J connectivity index is 1.50. The van der Waals surface area contributed by atoms with E-state index in [4.69, 9.17) is 10.5 Å². The van der Waals surface area contributed by atoms with Crippen molar-refractivity contribution in [2.45, 2.75) is 75.0 Å². The first kappa shape index (κ1) is 26.0. The van der Waals surface area contributed by atoms with Crippen molar-refractivity contribution >= 4 is 12.0 Å². The average molecular weight is 507 g/mol. The van der Waals surface area contributed by atoms with E-state index in [-0.39, 0.29) is 36.0 Å². The lowest BCUT2D eigenvalue weighted by Gasteiger charge is -2.43. The van der Waals surface area contributed by atoms with Gasteiger partial charge in [-0.3, -0.25) is 4.79 Å². The number of rotatable bonds is 7. The molecular formula is C27H30F4N2O3. The minimum atomic E-state index is -4.34. The highest BCUT2D eigenvalue weighted by atomic mass is 19.4. The van der Waals surface area contributed by atoms with Gasteiger partial charge in [0.1, 0.15) is 12.4 Å². The van der Waals surface area contributed by atoms with Gasteiger partial charge in [0, 0.05) is 23.1 Å². The normalized spacial score (nSPS) is 23.1. The second kappa shape index (κ2) is 10.1. The number of primary amides is 1. The van der Waals surface area contributed by atoms with Crippen LogP contribution in [0.2, 0.25) is 0 Å². The maximum Gasteiger partial charge on any atom is 0.404 e. The average Bonchev–Trinajstić information content (AvgIpc) is 3.68. The van der Waals surface area contributed by atoms with E-state index in [1.807, 2.05) is 4.90 Å². The fourth-order valence-electron chi connectivity index (χ4n) is 5.20. The quantitative estimate of drug-likeness (QED) is 0.463. The van der Waals surface area contributed by atoms with Gasteiger partial charge in [-0.2, -0.15) is 13.2 Å². The van der Waals surface area contributed by atoms with Crippen LogP contribution >= 0.6 is 0 Å². The van der Waals surface area contributed by atoms with E-state index in [1.54, 1.807) is 12.1 Å². The molecule has 0 aromatic heterocycles. The maximum absolute atomic E-state index is 13.5. The van der Waals surface area contributed by atoms with E-state index in [0.717, 1.165) is 25.3 Å². The highest BCUT2D eigenvalue weighted by Gasteiger charge is 2.44. The van der Waals surface area contributed by atoms with Crippen LogP contribution in [0.3, 0.4) is 0 Å². The zero-order valence-electron chi connectivity index (χ0n) is 20.1. The molecule has 2 N–H and O–H groups in total. The Morgan fingerprint density at radius 2 is 1.56 bits per heavy atom. The number of benzene rings is 2. The number of carbonyl (C=O) groups is 2. The van der Waals surface area contributed by atoms with Crippen LogP contribution in [-0.4, -0.2) is 41.8 Å². The number of nitrogens with zero attached hydrogens (tertiary/aromatic N) is 1. The number of carbonyl (C=O) groups excluding carboxylic acids is 2. The van der Waals surface area contributed by atoms with Crippen molar-refractivity contribution in [3.63, 3.8) is 0 Å². The lowest BCUT2D eigenvalue weighted by molar-refractivity contribution is -0.146. The predicted octanol–water partition coefficient (Wildman–Crippen LogP) is 6.07. The first-order valence-corrected chi connectivity index (χ1v) is 12.2. The van der Waals surface area contributed by atoms with E-state index in [0.29, 0.717) is 31.2 Å². The second-order valence-corrected chi connectivity index (χ2v) is 9.96. The van der Waals surface area contributed by atoms with E-state index in [2.05, 4.69) is 0 Å². The van der Waals surface area contributed by atoms with Gasteiger partial charge in [0.15, 0.2) is 0 Å². The van der Waals surface area contributed by atoms with Crippen LogP contribution in [0.4, 0.5) is 22.4 Å². The summed E-state index contributed by atoms with van der Waals surface area (Å²) >= 11 is 0. The molecule has 2 aromatic rings. The molecule has 36 heavy (non-hydrogen) atoms. The summed E-state index contributed by atoms with van der Waals surface area (Å²) in [4.78, 5) is 26.7. The molecule has 4 rings (SSSR count). The lowest BCUT2D eigenvalue weighted by atomic mass is 9.68. The molecule has 0 heterocycles. The van der Waals surface area contributed by atoms with Crippen LogP contribution in [0.25, 0.3) is 0 Å². The van der Waals surface area contributed by atoms with Crippen LogP contribution in [0, 0.1) is 5.82 Å². The van der Waals surface area contributed by atoms with Gasteiger partial charge >= 0.3 is 12.3 Å². The summed E-state index contributed by atoms with van der Waals surface area (Å²) < 4.78 is 57.9. The topological polar surface area (TPSA) is 72.6 Å². The van der Waals surface area contributed by atoms with Gasteiger partial charge in [-0.25, -0.2) is 9.18 Å². The van der Waals surface area contributed by atoms with Gasteiger partial charge in [-0.15, -0.1) is 0 Å². The third kappa shape index (κ3) is 5.65. The Kier molecular flexibility index (Phi) is 7.29. The third-order valence-electron chi connectivity index (χ3n) is 7.58. The molecule has 2 aliphatic carbocycles. The Hall–Kier alpha value is -3.10. The van der Waals surface area contributed by atoms with Crippen LogP contribution in [-0.2, 0) is 10.2 Å². The minimum absolute atomic E-state index is 0.0547. The van der Waals surface area contributed by atoms with Gasteiger partial charge < -0.3 is 15.4 Å². The molecule has 9 heteroatoms. The summed E-state index contributed by atoms with van der Waals surface area (Å²) in [5.41, 5.74) is 6.02. The second-order valence-electron chi connectivity index (χ2n) is 9.96.